The minimum Gasteiger partial charge on any atom is -0.369 e. The van der Waals surface area contributed by atoms with E-state index >= 15 is 0 Å². The molecule has 0 aliphatic carbocycles. The van der Waals surface area contributed by atoms with Crippen molar-refractivity contribution in [1.29, 1.82) is 5.26 Å². The highest BCUT2D eigenvalue weighted by Crippen LogP contribution is 2.32. The number of nitriles is 1. The van der Waals surface area contributed by atoms with E-state index in [0.29, 0.717) is 25.3 Å². The lowest BCUT2D eigenvalue weighted by molar-refractivity contribution is 0.0477. The van der Waals surface area contributed by atoms with E-state index in [9.17, 15) is 0 Å². The van der Waals surface area contributed by atoms with Crippen LogP contribution in [0.25, 0.3) is 0 Å². The minimum atomic E-state index is 0.0938. The van der Waals surface area contributed by atoms with E-state index in [2.05, 4.69) is 49.1 Å². The second-order valence-electron chi connectivity index (χ2n) is 6.87. The predicted octanol–water partition coefficient (Wildman–Crippen LogP) is 0.624. The Bertz CT molecular complexity index is 403. The third-order valence-corrected chi connectivity index (χ3v) is 3.82. The van der Waals surface area contributed by atoms with Crippen LogP contribution in [0, 0.1) is 11.5 Å². The smallest absolute Gasteiger partial charge is 0.207 e. The van der Waals surface area contributed by atoms with Crippen LogP contribution >= 0.6 is 0 Å². The highest BCUT2D eigenvalue weighted by atomic mass is 15.4. The van der Waals surface area contributed by atoms with Crippen molar-refractivity contribution in [3.8, 4) is 6.19 Å². The molecule has 6 nitrogen and oxygen atoms in total. The maximum atomic E-state index is 9.06. The first kappa shape index (κ1) is 14.1. The molecule has 2 rings (SSSR count). The Balaban J connectivity index is 2.12. The second kappa shape index (κ2) is 4.66. The standard InChI is InChI=1S/C13H24N6/c1-12(2)5-10(6-13(3,4)17-12)19-8-16-11(15)18(7-14)9-19/h10,17H,5-6,8-9H2,1-4H3,(H2,15,16). The summed E-state index contributed by atoms with van der Waals surface area (Å²) in [6.07, 6.45) is 4.18. The summed E-state index contributed by atoms with van der Waals surface area (Å²) in [7, 11) is 0. The van der Waals surface area contributed by atoms with E-state index in [4.69, 9.17) is 11.0 Å². The van der Waals surface area contributed by atoms with Gasteiger partial charge in [0.15, 0.2) is 6.19 Å². The normalized spacial score (nSPS) is 27.7. The van der Waals surface area contributed by atoms with Crippen molar-refractivity contribution in [2.45, 2.75) is 57.7 Å². The van der Waals surface area contributed by atoms with Crippen molar-refractivity contribution < 1.29 is 0 Å². The summed E-state index contributed by atoms with van der Waals surface area (Å²) in [5, 5.41) is 12.7. The monoisotopic (exact) mass is 264 g/mol. The first-order valence-electron chi connectivity index (χ1n) is 6.73. The average Bonchev–Trinajstić information content (AvgIpc) is 2.25. The van der Waals surface area contributed by atoms with Crippen LogP contribution < -0.4 is 11.1 Å². The maximum absolute atomic E-state index is 9.06. The van der Waals surface area contributed by atoms with Gasteiger partial charge in [0.25, 0.3) is 0 Å². The van der Waals surface area contributed by atoms with Gasteiger partial charge in [-0.25, -0.2) is 9.89 Å². The molecule has 2 heterocycles. The van der Waals surface area contributed by atoms with Gasteiger partial charge < -0.3 is 11.1 Å². The fourth-order valence-electron chi connectivity index (χ4n) is 3.39. The molecule has 1 saturated heterocycles. The summed E-state index contributed by atoms with van der Waals surface area (Å²) in [6.45, 7) is 10.0. The average molecular weight is 264 g/mol. The number of piperidine rings is 1. The molecule has 106 valence electrons. The largest absolute Gasteiger partial charge is 0.369 e. The van der Waals surface area contributed by atoms with Gasteiger partial charge in [0, 0.05) is 17.1 Å². The molecule has 0 bridgehead atoms. The van der Waals surface area contributed by atoms with Crippen LogP contribution in [0.3, 0.4) is 0 Å². The number of nitrogens with two attached hydrogens (primary N) is 1. The van der Waals surface area contributed by atoms with E-state index in [-0.39, 0.29) is 11.1 Å². The Morgan fingerprint density at radius 3 is 2.42 bits per heavy atom. The molecule has 2 aliphatic rings. The molecule has 0 aromatic rings. The molecule has 0 amide bonds. The summed E-state index contributed by atoms with van der Waals surface area (Å²) in [5.74, 6) is 0.325. The number of rotatable bonds is 1. The van der Waals surface area contributed by atoms with Gasteiger partial charge in [-0.15, -0.1) is 0 Å². The fraction of sp³-hybridized carbons (Fsp3) is 0.846. The first-order valence-corrected chi connectivity index (χ1v) is 6.73. The van der Waals surface area contributed by atoms with Crippen LogP contribution in [0.1, 0.15) is 40.5 Å². The van der Waals surface area contributed by atoms with Crippen LogP contribution in [-0.2, 0) is 0 Å². The number of guanidine groups is 1. The number of hydrogen-bond acceptors (Lipinski definition) is 6. The van der Waals surface area contributed by atoms with E-state index in [1.807, 2.05) is 0 Å². The number of nitrogens with zero attached hydrogens (tertiary/aromatic N) is 4. The first-order chi connectivity index (χ1) is 8.72. The molecule has 0 spiro atoms. The summed E-state index contributed by atoms with van der Waals surface area (Å²) in [5.41, 5.74) is 5.89. The molecular formula is C13H24N6. The quantitative estimate of drug-likeness (QED) is 0.679. The Morgan fingerprint density at radius 2 is 1.89 bits per heavy atom. The van der Waals surface area contributed by atoms with Crippen LogP contribution in [-0.4, -0.2) is 46.2 Å². The topological polar surface area (TPSA) is 80.7 Å². The van der Waals surface area contributed by atoms with Crippen molar-refractivity contribution >= 4 is 5.96 Å². The molecule has 6 heteroatoms. The lowest BCUT2D eigenvalue weighted by Gasteiger charge is -2.50. The third-order valence-electron chi connectivity index (χ3n) is 3.82. The van der Waals surface area contributed by atoms with Gasteiger partial charge in [-0.2, -0.15) is 5.26 Å². The Kier molecular flexibility index (Phi) is 3.45. The number of nitrogens with one attached hydrogen (secondary N) is 1. The lowest BCUT2D eigenvalue weighted by atomic mass is 9.79. The van der Waals surface area contributed by atoms with Crippen molar-refractivity contribution in [1.82, 2.24) is 15.1 Å². The lowest BCUT2D eigenvalue weighted by Crippen LogP contribution is -2.63. The van der Waals surface area contributed by atoms with Gasteiger partial charge >= 0.3 is 0 Å². The zero-order chi connectivity index (χ0) is 14.3. The van der Waals surface area contributed by atoms with Crippen molar-refractivity contribution in [3.63, 3.8) is 0 Å². The van der Waals surface area contributed by atoms with Crippen LogP contribution in [0.2, 0.25) is 0 Å². The van der Waals surface area contributed by atoms with Crippen LogP contribution in [0.15, 0.2) is 4.99 Å². The van der Waals surface area contributed by atoms with Crippen molar-refractivity contribution in [2.24, 2.45) is 10.7 Å². The second-order valence-corrected chi connectivity index (χ2v) is 6.87. The SMILES string of the molecule is CC1(C)CC(N2CN=C(N)N(C#N)C2)CC(C)(C)N1. The molecule has 2 aliphatic heterocycles. The van der Waals surface area contributed by atoms with Crippen molar-refractivity contribution in [3.05, 3.63) is 0 Å². The Hall–Kier alpha value is -1.32. The third kappa shape index (κ3) is 3.17. The van der Waals surface area contributed by atoms with E-state index in [0.717, 1.165) is 12.8 Å². The minimum absolute atomic E-state index is 0.0938. The molecule has 0 unspecified atom stereocenters. The van der Waals surface area contributed by atoms with E-state index < -0.39 is 0 Å². The van der Waals surface area contributed by atoms with Crippen LogP contribution in [0.5, 0.6) is 0 Å². The molecule has 1 fully saturated rings. The Morgan fingerprint density at radius 1 is 1.32 bits per heavy atom. The zero-order valence-corrected chi connectivity index (χ0v) is 12.3. The molecule has 0 aromatic carbocycles. The Labute approximate surface area is 115 Å². The van der Waals surface area contributed by atoms with E-state index in [1.165, 1.54) is 4.90 Å². The molecular weight excluding hydrogens is 240 g/mol. The van der Waals surface area contributed by atoms with Gasteiger partial charge in [-0.05, 0) is 40.5 Å². The molecule has 0 atom stereocenters. The molecule has 19 heavy (non-hydrogen) atoms. The van der Waals surface area contributed by atoms with E-state index in [1.54, 1.807) is 0 Å². The number of hydrogen-bond donors (Lipinski definition) is 2. The molecule has 0 radical (unpaired) electrons. The molecule has 0 saturated carbocycles. The summed E-state index contributed by atoms with van der Waals surface area (Å²) in [6, 6.07) is 0.416. The predicted molar refractivity (Wildman–Crippen MR) is 75.0 cm³/mol. The highest BCUT2D eigenvalue weighted by Gasteiger charge is 2.40. The number of aliphatic imine (C=N–C) groups is 1. The van der Waals surface area contributed by atoms with Crippen LogP contribution in [0.4, 0.5) is 0 Å². The molecule has 0 aromatic heterocycles. The highest BCUT2D eigenvalue weighted by molar-refractivity contribution is 5.79. The summed E-state index contributed by atoms with van der Waals surface area (Å²) in [4.78, 5) is 7.93. The zero-order valence-electron chi connectivity index (χ0n) is 12.3. The maximum Gasteiger partial charge on any atom is 0.207 e. The van der Waals surface area contributed by atoms with Gasteiger partial charge in [0.05, 0.1) is 13.3 Å². The van der Waals surface area contributed by atoms with Gasteiger partial charge in [0.1, 0.15) is 0 Å². The fourth-order valence-corrected chi connectivity index (χ4v) is 3.39. The summed E-state index contributed by atoms with van der Waals surface area (Å²) < 4.78 is 0. The molecule has 3 N–H and O–H groups in total. The summed E-state index contributed by atoms with van der Waals surface area (Å²) >= 11 is 0. The van der Waals surface area contributed by atoms with Gasteiger partial charge in [0.2, 0.25) is 5.96 Å². The van der Waals surface area contributed by atoms with Crippen molar-refractivity contribution in [2.75, 3.05) is 13.3 Å². The van der Waals surface area contributed by atoms with Gasteiger partial charge in [-0.3, -0.25) is 4.90 Å². The van der Waals surface area contributed by atoms with Gasteiger partial charge in [-0.1, -0.05) is 0 Å².